The van der Waals surface area contributed by atoms with Gasteiger partial charge in [0.25, 0.3) is 0 Å². The van der Waals surface area contributed by atoms with Gasteiger partial charge in [-0.3, -0.25) is 39.2 Å². The van der Waals surface area contributed by atoms with Crippen molar-refractivity contribution in [2.75, 3.05) is 163 Å². The third-order valence-electron chi connectivity index (χ3n) is 22.2. The molecule has 12 aromatic rings. The molecule has 0 radical (unpaired) electrons. The fraction of sp³-hybridized carbons (Fsp3) is 0.280. The molecule has 4 saturated heterocycles. The first kappa shape index (κ1) is 92.0. The second-order valence-corrected chi connectivity index (χ2v) is 31.1. The Bertz CT molecular complexity index is 6080. The summed E-state index contributed by atoms with van der Waals surface area (Å²) in [5, 5.41) is 16.8. The molecule has 28 heteroatoms. The van der Waals surface area contributed by atoms with Gasteiger partial charge in [-0.15, -0.1) is 0 Å². The highest BCUT2D eigenvalue weighted by Gasteiger charge is 2.39. The van der Waals surface area contributed by atoms with E-state index in [0.29, 0.717) is 22.3 Å². The van der Waals surface area contributed by atoms with Crippen LogP contribution in [0.3, 0.4) is 0 Å². The highest BCUT2D eigenvalue weighted by molar-refractivity contribution is 6.10. The number of nitrogens with zero attached hydrogens (tertiary/aromatic N) is 8. The van der Waals surface area contributed by atoms with Crippen molar-refractivity contribution in [1.82, 2.24) is 39.2 Å². The Labute approximate surface area is 741 Å². The number of methoxy groups -OCH3 is 8. The lowest BCUT2D eigenvalue weighted by molar-refractivity contribution is -0.0401. The topological polar surface area (TPSA) is 273 Å². The van der Waals surface area contributed by atoms with E-state index >= 15 is 0 Å². The van der Waals surface area contributed by atoms with Gasteiger partial charge in [-0.05, 0) is 212 Å². The van der Waals surface area contributed by atoms with E-state index in [4.69, 9.17) is 56.8 Å². The van der Waals surface area contributed by atoms with Crippen LogP contribution in [0.5, 0.6) is 0 Å². The fourth-order valence-corrected chi connectivity index (χ4v) is 16.2. The second kappa shape index (κ2) is 43.0. The number of carbonyl (C=O) groups is 8. The van der Waals surface area contributed by atoms with Gasteiger partial charge in [-0.2, -0.15) is 0 Å². The largest absolute Gasteiger partial charge is 0.455 e. The van der Waals surface area contributed by atoms with E-state index in [9.17, 15) is 38.4 Å². The summed E-state index contributed by atoms with van der Waals surface area (Å²) in [6.45, 7) is 18.5. The molecule has 12 aromatic carbocycles. The lowest BCUT2D eigenvalue weighted by Crippen LogP contribution is -2.57. The van der Waals surface area contributed by atoms with Crippen molar-refractivity contribution in [2.45, 2.75) is 24.4 Å². The fourth-order valence-electron chi connectivity index (χ4n) is 16.2. The van der Waals surface area contributed by atoms with Crippen molar-refractivity contribution in [2.24, 2.45) is 0 Å². The summed E-state index contributed by atoms with van der Waals surface area (Å²) in [5.74, 6) is -1.73. The van der Waals surface area contributed by atoms with Crippen molar-refractivity contribution in [3.8, 4) is 0 Å². The molecule has 0 N–H and O–H groups in total. The van der Waals surface area contributed by atoms with E-state index in [0.717, 1.165) is 108 Å². The Hall–Kier alpha value is -13.7. The Morgan fingerprint density at radius 3 is 0.867 bits per heavy atom. The lowest BCUT2D eigenvalue weighted by atomic mass is 9.95. The van der Waals surface area contributed by atoms with Crippen LogP contribution in [-0.4, -0.2) is 275 Å². The molecule has 4 aliphatic rings. The Kier molecular flexibility index (Phi) is 30.9. The molecular formula is C100H104N8O20. The minimum absolute atomic E-state index is 0.110. The zero-order valence-corrected chi connectivity index (χ0v) is 73.0. The Morgan fingerprint density at radius 2 is 0.531 bits per heavy atom. The van der Waals surface area contributed by atoms with Crippen molar-refractivity contribution < 1.29 is 95.2 Å². The van der Waals surface area contributed by atoms with E-state index in [-0.39, 0.29) is 130 Å². The van der Waals surface area contributed by atoms with Crippen LogP contribution in [0.4, 0.5) is 19.2 Å². The normalized spacial score (nSPS) is 14.9. The molecule has 664 valence electrons. The van der Waals surface area contributed by atoms with Gasteiger partial charge < -0.3 is 56.8 Å². The average molecular weight is 1740 g/mol. The number of hydrogen-bond acceptors (Lipinski definition) is 20. The highest BCUT2D eigenvalue weighted by atomic mass is 16.6. The summed E-state index contributed by atoms with van der Waals surface area (Å²) in [6.07, 6.45) is 5.30. The van der Waals surface area contributed by atoms with Crippen LogP contribution in [0, 0.1) is 0 Å². The Morgan fingerprint density at radius 1 is 0.266 bits per heavy atom. The molecule has 0 saturated carbocycles. The van der Waals surface area contributed by atoms with Crippen molar-refractivity contribution in [3.05, 3.63) is 265 Å². The van der Waals surface area contributed by atoms with Gasteiger partial charge in [0.1, 0.15) is 78.3 Å². The summed E-state index contributed by atoms with van der Waals surface area (Å²) >= 11 is 0. The molecule has 0 aromatic heterocycles. The number of benzene rings is 12. The maximum atomic E-state index is 13.0. The molecule has 4 heterocycles. The van der Waals surface area contributed by atoms with Crippen molar-refractivity contribution in [1.29, 1.82) is 0 Å². The van der Waals surface area contributed by atoms with Crippen LogP contribution in [0.25, 0.3) is 110 Å². The van der Waals surface area contributed by atoms with Crippen LogP contribution in [0.2, 0.25) is 0 Å². The van der Waals surface area contributed by atoms with Crippen LogP contribution >= 0.6 is 0 Å². The van der Waals surface area contributed by atoms with Gasteiger partial charge in [0.05, 0.1) is 74.6 Å². The maximum Gasteiger partial charge on any atom is 0.338 e. The minimum atomic E-state index is -0.503. The van der Waals surface area contributed by atoms with Gasteiger partial charge in [0, 0.05) is 56.9 Å². The maximum absolute atomic E-state index is 13.0. The predicted molar refractivity (Wildman–Crippen MR) is 493 cm³/mol. The predicted octanol–water partition coefficient (Wildman–Crippen LogP) is 16.4. The first-order valence-corrected chi connectivity index (χ1v) is 41.4. The molecule has 0 spiro atoms. The van der Waals surface area contributed by atoms with Gasteiger partial charge in [0.15, 0.2) is 0 Å². The monoisotopic (exact) mass is 1740 g/mol. The number of urea groups is 4. The summed E-state index contributed by atoms with van der Waals surface area (Å²) in [5.41, 5.74) is 5.96. The zero-order valence-electron chi connectivity index (χ0n) is 73.0. The number of rotatable bonds is 28. The molecular weight excluding hydrogens is 1630 g/mol. The van der Waals surface area contributed by atoms with E-state index in [2.05, 4.69) is 99.1 Å². The van der Waals surface area contributed by atoms with E-state index in [1.807, 2.05) is 121 Å². The Balaban J connectivity index is 0.000000146. The standard InChI is InChI=1S/4C25H26N2O5/c1-4-17-5-6-18-11-22-12-20(8-7-19(22)10-21(18)9-17)24(28)32-23-13-26(15-30-2)25(29)27(14-23)16-31-3;1-4-17-5-6-18-10-19-7-8-20(11-22(19)12-21(18)9-17)24(28)32-23-13-26(15-30-2)25(29)27(14-23)16-31-3;1-4-17-6-5-7-19-10-18-8-9-20(11-21(18)12-23(17)19)24(28)32-22-13-26(15-30-2)25(29)27(14-22)16-31-3;1-4-21-22-8-6-5-7-17(22)11-18-9-10-19(12-23(18)21)24(28)32-20-13-26(15-30-2)25(29)27(14-20)16-31-3/h2*4-12,23H,1,13-16H2,2-3H3;4-12,22H,1,13-16H2,2-3H3;4-12,20H,1,13-16H2,2-3H3. The van der Waals surface area contributed by atoms with Crippen LogP contribution in [-0.2, 0) is 56.8 Å². The number of hydrogen-bond donors (Lipinski definition) is 0. The number of esters is 4. The number of ether oxygens (including phenoxy) is 12. The molecule has 128 heavy (non-hydrogen) atoms. The zero-order chi connectivity index (χ0) is 90.7. The smallest absolute Gasteiger partial charge is 0.338 e. The molecule has 8 amide bonds. The first-order valence-electron chi connectivity index (χ1n) is 41.4. The molecule has 28 nitrogen and oxygen atoms in total. The number of fused-ring (bicyclic) bond motifs is 8. The third-order valence-corrected chi connectivity index (χ3v) is 22.2. The van der Waals surface area contributed by atoms with Crippen LogP contribution < -0.4 is 0 Å². The highest BCUT2D eigenvalue weighted by Crippen LogP contribution is 2.34. The second-order valence-electron chi connectivity index (χ2n) is 31.1. The van der Waals surface area contributed by atoms with E-state index < -0.39 is 48.3 Å². The van der Waals surface area contributed by atoms with Crippen molar-refractivity contribution in [3.63, 3.8) is 0 Å². The van der Waals surface area contributed by atoms with Gasteiger partial charge in [0.2, 0.25) is 0 Å². The average Bonchev–Trinajstić information content (AvgIpc) is 0.764. The summed E-state index contributed by atoms with van der Waals surface area (Å²) in [6, 6.07) is 62.4. The quantitative estimate of drug-likeness (QED) is 0.0250. The van der Waals surface area contributed by atoms with E-state index in [1.165, 1.54) is 96.1 Å². The third kappa shape index (κ3) is 21.7. The van der Waals surface area contributed by atoms with Crippen LogP contribution in [0.15, 0.2) is 220 Å². The molecule has 0 aliphatic carbocycles. The molecule has 4 fully saturated rings. The lowest BCUT2D eigenvalue weighted by Gasteiger charge is -2.38. The summed E-state index contributed by atoms with van der Waals surface area (Å²) in [4.78, 5) is 113. The number of amides is 8. The molecule has 16 rings (SSSR count). The SMILES string of the molecule is C=Cc1c2ccccc2cc2ccc(C(=O)OC3CN(COC)C(=O)N(COC)C3)cc12.C=Cc1ccc2cc3cc(C(=O)OC4CN(COC)C(=O)N(COC)C4)ccc3cc2c1.C=Cc1ccc2cc3ccc(C(=O)OC4CN(COC)C(=O)N(COC)C4)cc3cc2c1.C=Cc1cccc2cc3ccc(C(=O)OC4CN(COC)C(=O)N(COC)C4)cc3cc12. The van der Waals surface area contributed by atoms with Gasteiger partial charge in [-0.1, -0.05) is 142 Å². The minimum Gasteiger partial charge on any atom is -0.455 e. The number of carbonyl (C=O) groups excluding carboxylic acids is 8. The first-order chi connectivity index (χ1) is 62.1. The summed E-state index contributed by atoms with van der Waals surface area (Å²) < 4.78 is 63.9. The molecule has 4 aliphatic heterocycles. The molecule has 0 atom stereocenters. The van der Waals surface area contributed by atoms with Gasteiger partial charge in [-0.25, -0.2) is 38.4 Å². The van der Waals surface area contributed by atoms with Crippen LogP contribution in [0.1, 0.15) is 63.7 Å². The van der Waals surface area contributed by atoms with Gasteiger partial charge >= 0.3 is 48.0 Å². The van der Waals surface area contributed by atoms with Crippen molar-refractivity contribution >= 4 is 158 Å². The summed E-state index contributed by atoms with van der Waals surface area (Å²) in [7, 11) is 12.1. The molecule has 0 unspecified atom stereocenters. The molecule has 0 bridgehead atoms. The van der Waals surface area contributed by atoms with E-state index in [1.54, 1.807) is 24.3 Å².